The van der Waals surface area contributed by atoms with Crippen molar-refractivity contribution in [3.8, 4) is 5.75 Å². The molecule has 0 unspecified atom stereocenters. The van der Waals surface area contributed by atoms with Crippen molar-refractivity contribution < 1.29 is 24.5 Å². The minimum atomic E-state index is -1.40. The summed E-state index contributed by atoms with van der Waals surface area (Å²) in [5, 5.41) is 21.3. The lowest BCUT2D eigenvalue weighted by Gasteiger charge is -2.13. The van der Waals surface area contributed by atoms with Crippen molar-refractivity contribution in [2.45, 2.75) is 13.5 Å². The summed E-state index contributed by atoms with van der Waals surface area (Å²) in [6, 6.07) is 7.63. The Morgan fingerprint density at radius 2 is 1.84 bits per heavy atom. The van der Waals surface area contributed by atoms with Gasteiger partial charge >= 0.3 is 5.97 Å². The van der Waals surface area contributed by atoms with Crippen molar-refractivity contribution in [1.29, 1.82) is 0 Å². The van der Waals surface area contributed by atoms with Gasteiger partial charge in [-0.2, -0.15) is 0 Å². The second-order valence-electron chi connectivity index (χ2n) is 5.04. The van der Waals surface area contributed by atoms with E-state index in [-0.39, 0.29) is 15.7 Å². The summed E-state index contributed by atoms with van der Waals surface area (Å²) in [5.74, 6) is -2.63. The zero-order valence-electron chi connectivity index (χ0n) is 13.2. The summed E-state index contributed by atoms with van der Waals surface area (Å²) in [4.78, 5) is 23.5. The minimum absolute atomic E-state index is 0.0979. The van der Waals surface area contributed by atoms with Crippen LogP contribution in [0.15, 0.2) is 30.3 Å². The smallest absolute Gasteiger partial charge is 0.339 e. The molecule has 0 saturated heterocycles. The van der Waals surface area contributed by atoms with Crippen molar-refractivity contribution in [2.24, 2.45) is 0 Å². The summed E-state index contributed by atoms with van der Waals surface area (Å²) in [6.07, 6.45) is 0. The predicted molar refractivity (Wildman–Crippen MR) is 94.8 cm³/mol. The number of amides is 1. The predicted octanol–water partition coefficient (Wildman–Crippen LogP) is 4.19. The quantitative estimate of drug-likeness (QED) is 0.650. The van der Waals surface area contributed by atoms with E-state index in [0.717, 1.165) is 11.6 Å². The van der Waals surface area contributed by atoms with E-state index in [1.807, 2.05) is 6.92 Å². The van der Waals surface area contributed by atoms with Crippen LogP contribution in [0.5, 0.6) is 5.75 Å². The zero-order chi connectivity index (χ0) is 18.6. The lowest BCUT2D eigenvalue weighted by Crippen LogP contribution is -2.13. The number of carbonyl (C=O) groups is 2. The molecular weight excluding hydrogens is 369 g/mol. The van der Waals surface area contributed by atoms with E-state index in [4.69, 9.17) is 33.0 Å². The number of carbonyl (C=O) groups excluding carboxylic acids is 1. The fourth-order valence-electron chi connectivity index (χ4n) is 2.05. The van der Waals surface area contributed by atoms with E-state index >= 15 is 0 Å². The second kappa shape index (κ2) is 8.20. The Hall–Kier alpha value is -2.28. The summed E-state index contributed by atoms with van der Waals surface area (Å²) >= 11 is 11.8. The molecule has 132 valence electrons. The number of ether oxygens (including phenoxy) is 1. The van der Waals surface area contributed by atoms with Gasteiger partial charge in [-0.25, -0.2) is 4.79 Å². The molecule has 0 aliphatic rings. The molecule has 0 fully saturated rings. The van der Waals surface area contributed by atoms with Crippen LogP contribution >= 0.6 is 23.2 Å². The molecule has 2 rings (SSSR count). The Balaban J connectivity index is 2.27. The number of benzene rings is 2. The van der Waals surface area contributed by atoms with Gasteiger partial charge in [0.1, 0.15) is 11.3 Å². The number of carboxylic acid groups (broad SMARTS) is 1. The molecule has 0 atom stereocenters. The molecule has 6 nitrogen and oxygen atoms in total. The summed E-state index contributed by atoms with van der Waals surface area (Å²) in [5.41, 5.74) is 0.481. The Morgan fingerprint density at radius 1 is 1.20 bits per heavy atom. The first-order chi connectivity index (χ1) is 11.8. The van der Waals surface area contributed by atoms with Crippen LogP contribution in [0.3, 0.4) is 0 Å². The minimum Gasteiger partial charge on any atom is -0.505 e. The maximum Gasteiger partial charge on any atom is 0.339 e. The highest BCUT2D eigenvalue weighted by Gasteiger charge is 2.21. The average Bonchev–Trinajstić information content (AvgIpc) is 2.60. The molecule has 8 heteroatoms. The van der Waals surface area contributed by atoms with Crippen LogP contribution in [0.1, 0.15) is 33.2 Å². The number of phenols is 1. The van der Waals surface area contributed by atoms with Crippen LogP contribution in [-0.4, -0.2) is 28.7 Å². The third kappa shape index (κ3) is 4.42. The van der Waals surface area contributed by atoms with Crippen LogP contribution in [0.2, 0.25) is 10.0 Å². The van der Waals surface area contributed by atoms with Gasteiger partial charge in [-0.3, -0.25) is 4.79 Å². The first-order valence-corrected chi connectivity index (χ1v) is 8.03. The van der Waals surface area contributed by atoms with Crippen molar-refractivity contribution in [3.05, 3.63) is 57.1 Å². The molecule has 2 aromatic rings. The van der Waals surface area contributed by atoms with Crippen LogP contribution in [-0.2, 0) is 11.3 Å². The Bertz CT molecular complexity index is 806. The molecule has 3 N–H and O–H groups in total. The number of rotatable bonds is 6. The van der Waals surface area contributed by atoms with E-state index < -0.39 is 23.2 Å². The molecule has 0 bridgehead atoms. The molecule has 0 saturated carbocycles. The number of carboxylic acids is 1. The van der Waals surface area contributed by atoms with Gasteiger partial charge in [-0.05, 0) is 30.7 Å². The lowest BCUT2D eigenvalue weighted by molar-refractivity contribution is 0.0693. The lowest BCUT2D eigenvalue weighted by atomic mass is 10.1. The van der Waals surface area contributed by atoms with E-state index in [9.17, 15) is 14.7 Å². The number of aromatic hydroxyl groups is 1. The highest BCUT2D eigenvalue weighted by molar-refractivity contribution is 6.44. The maximum absolute atomic E-state index is 12.3. The molecule has 0 heterocycles. The zero-order valence-corrected chi connectivity index (χ0v) is 14.7. The number of anilines is 1. The number of hydrogen-bond acceptors (Lipinski definition) is 4. The van der Waals surface area contributed by atoms with E-state index in [2.05, 4.69) is 5.32 Å². The molecule has 0 spiro atoms. The topological polar surface area (TPSA) is 95.9 Å². The third-order valence-corrected chi connectivity index (χ3v) is 4.14. The summed E-state index contributed by atoms with van der Waals surface area (Å²) in [7, 11) is 0. The molecular formula is C17H15Cl2NO5. The van der Waals surface area contributed by atoms with Crippen molar-refractivity contribution >= 4 is 40.8 Å². The van der Waals surface area contributed by atoms with E-state index in [1.165, 1.54) is 0 Å². The number of hydrogen-bond donors (Lipinski definition) is 3. The Morgan fingerprint density at radius 3 is 2.40 bits per heavy atom. The second-order valence-corrected chi connectivity index (χ2v) is 5.82. The third-order valence-electron chi connectivity index (χ3n) is 3.35. The fraction of sp³-hybridized carbons (Fsp3) is 0.176. The van der Waals surface area contributed by atoms with Crippen LogP contribution < -0.4 is 5.32 Å². The van der Waals surface area contributed by atoms with Crippen LogP contribution in [0.25, 0.3) is 0 Å². The van der Waals surface area contributed by atoms with Crippen molar-refractivity contribution in [1.82, 2.24) is 0 Å². The Kier molecular flexibility index (Phi) is 6.25. The van der Waals surface area contributed by atoms with Gasteiger partial charge < -0.3 is 20.3 Å². The maximum atomic E-state index is 12.3. The SMILES string of the molecule is CCOCc1ccc(C(=O)Nc2c(O)c(C(=O)O)cc(Cl)c2Cl)cc1. The first kappa shape index (κ1) is 19.1. The van der Waals surface area contributed by atoms with E-state index in [1.54, 1.807) is 24.3 Å². The first-order valence-electron chi connectivity index (χ1n) is 7.27. The fourth-order valence-corrected chi connectivity index (χ4v) is 2.45. The van der Waals surface area contributed by atoms with E-state index in [0.29, 0.717) is 18.8 Å². The molecule has 0 aliphatic heterocycles. The largest absolute Gasteiger partial charge is 0.505 e. The van der Waals surface area contributed by atoms with Gasteiger partial charge in [0.2, 0.25) is 0 Å². The van der Waals surface area contributed by atoms with Crippen molar-refractivity contribution in [2.75, 3.05) is 11.9 Å². The normalized spacial score (nSPS) is 10.5. The summed E-state index contributed by atoms with van der Waals surface area (Å²) < 4.78 is 5.27. The van der Waals surface area contributed by atoms with Crippen molar-refractivity contribution in [3.63, 3.8) is 0 Å². The van der Waals surface area contributed by atoms with Crippen LogP contribution in [0.4, 0.5) is 5.69 Å². The molecule has 2 aromatic carbocycles. The number of halogens is 2. The monoisotopic (exact) mass is 383 g/mol. The summed E-state index contributed by atoms with van der Waals surface area (Å²) in [6.45, 7) is 2.90. The average molecular weight is 384 g/mol. The van der Waals surface area contributed by atoms with Crippen LogP contribution in [0, 0.1) is 0 Å². The Labute approximate surface area is 153 Å². The standard InChI is InChI=1S/C17H15Cl2NO5/c1-2-25-8-9-3-5-10(6-4-9)16(22)20-14-13(19)12(18)7-11(15(14)21)17(23)24/h3-7,21H,2,8H2,1H3,(H,20,22)(H,23,24). The highest BCUT2D eigenvalue weighted by Crippen LogP contribution is 2.40. The molecule has 0 aliphatic carbocycles. The van der Waals surface area contributed by atoms with Gasteiger partial charge in [-0.1, -0.05) is 35.3 Å². The number of aromatic carboxylic acids is 1. The number of nitrogens with one attached hydrogen (secondary N) is 1. The van der Waals surface area contributed by atoms with Gasteiger partial charge in [-0.15, -0.1) is 0 Å². The molecule has 1 amide bonds. The molecule has 25 heavy (non-hydrogen) atoms. The van der Waals surface area contributed by atoms with Gasteiger partial charge in [0.05, 0.1) is 16.7 Å². The molecule has 0 radical (unpaired) electrons. The van der Waals surface area contributed by atoms with Gasteiger partial charge in [0.25, 0.3) is 5.91 Å². The van der Waals surface area contributed by atoms with Gasteiger partial charge in [0.15, 0.2) is 5.75 Å². The highest BCUT2D eigenvalue weighted by atomic mass is 35.5. The van der Waals surface area contributed by atoms with Gasteiger partial charge in [0, 0.05) is 12.2 Å². The molecule has 0 aromatic heterocycles.